The molecule has 0 fully saturated rings. The molecule has 0 heterocycles. The van der Waals surface area contributed by atoms with Crippen LogP contribution in [0.5, 0.6) is 0 Å². The minimum absolute atomic E-state index is 0.0690. The first-order chi connectivity index (χ1) is 10.0. The summed E-state index contributed by atoms with van der Waals surface area (Å²) in [6.07, 6.45) is 5.72. The van der Waals surface area contributed by atoms with Gasteiger partial charge in [-0.25, -0.2) is 4.79 Å². The highest BCUT2D eigenvalue weighted by Gasteiger charge is 2.25. The molecule has 0 aromatic heterocycles. The van der Waals surface area contributed by atoms with E-state index in [1.165, 1.54) is 6.92 Å². The quantitative estimate of drug-likeness (QED) is 0.249. The second kappa shape index (κ2) is 10.2. The van der Waals surface area contributed by atoms with Crippen LogP contribution in [0.2, 0.25) is 0 Å². The molecule has 22 heavy (non-hydrogen) atoms. The zero-order chi connectivity index (χ0) is 17.2. The van der Waals surface area contributed by atoms with Crippen molar-refractivity contribution in [2.75, 3.05) is 19.5 Å². The molecule has 0 aromatic carbocycles. The predicted molar refractivity (Wildman–Crippen MR) is 84.5 cm³/mol. The highest BCUT2D eigenvalue weighted by Crippen LogP contribution is 2.30. The first-order valence-electron chi connectivity index (χ1n) is 7.67. The standard InChI is InChI=1S/C15H30O6S/c1-13(16)21-19-12-14(15(2,3)4)10-8-6-7-9-11-20-22(5,17)18/h14H,6-12H2,1-5H3. The topological polar surface area (TPSA) is 78.9 Å². The van der Waals surface area contributed by atoms with Crippen LogP contribution >= 0.6 is 0 Å². The monoisotopic (exact) mass is 338 g/mol. The van der Waals surface area contributed by atoms with E-state index in [-0.39, 0.29) is 12.0 Å². The maximum absolute atomic E-state index is 10.8. The van der Waals surface area contributed by atoms with E-state index in [2.05, 4.69) is 25.7 Å². The Labute approximate surface area is 134 Å². The van der Waals surface area contributed by atoms with Crippen LogP contribution in [-0.2, 0) is 28.9 Å². The molecule has 7 heteroatoms. The summed E-state index contributed by atoms with van der Waals surface area (Å²) >= 11 is 0. The van der Waals surface area contributed by atoms with Crippen LogP contribution in [0.1, 0.15) is 59.8 Å². The number of hydrogen-bond donors (Lipinski definition) is 0. The van der Waals surface area contributed by atoms with Crippen molar-refractivity contribution < 1.29 is 27.2 Å². The maximum Gasteiger partial charge on any atom is 0.339 e. The second-order valence-electron chi connectivity index (χ2n) is 6.65. The third-order valence-corrected chi connectivity index (χ3v) is 4.01. The van der Waals surface area contributed by atoms with Crippen LogP contribution < -0.4 is 0 Å². The largest absolute Gasteiger partial charge is 0.339 e. The summed E-state index contributed by atoms with van der Waals surface area (Å²) in [4.78, 5) is 20.2. The fourth-order valence-corrected chi connectivity index (χ4v) is 2.44. The van der Waals surface area contributed by atoms with E-state index in [0.29, 0.717) is 12.5 Å². The molecule has 0 bridgehead atoms. The van der Waals surface area contributed by atoms with E-state index in [9.17, 15) is 13.2 Å². The van der Waals surface area contributed by atoms with Crippen molar-refractivity contribution in [3.05, 3.63) is 0 Å². The molecule has 0 aromatic rings. The predicted octanol–water partition coefficient (Wildman–Crippen LogP) is 3.07. The minimum atomic E-state index is -3.32. The molecule has 0 N–H and O–H groups in total. The molecule has 0 aliphatic rings. The minimum Gasteiger partial charge on any atom is -0.299 e. The molecule has 1 unspecified atom stereocenters. The summed E-state index contributed by atoms with van der Waals surface area (Å²) in [5, 5.41) is 0. The zero-order valence-electron chi connectivity index (χ0n) is 14.4. The Bertz CT molecular complexity index is 410. The van der Waals surface area contributed by atoms with Gasteiger partial charge in [-0.1, -0.05) is 40.0 Å². The fourth-order valence-electron chi connectivity index (χ4n) is 2.02. The molecule has 6 nitrogen and oxygen atoms in total. The molecule has 0 saturated carbocycles. The van der Waals surface area contributed by atoms with Gasteiger partial charge in [-0.2, -0.15) is 13.3 Å². The first kappa shape index (κ1) is 21.3. The second-order valence-corrected chi connectivity index (χ2v) is 8.30. The molecule has 0 spiro atoms. The van der Waals surface area contributed by atoms with Crippen molar-refractivity contribution >= 4 is 16.1 Å². The Kier molecular flexibility index (Phi) is 9.87. The van der Waals surface area contributed by atoms with E-state index in [1.807, 2.05) is 0 Å². The van der Waals surface area contributed by atoms with Gasteiger partial charge in [0.15, 0.2) is 0 Å². The van der Waals surface area contributed by atoms with E-state index in [1.54, 1.807) is 0 Å². The normalized spacial score (nSPS) is 13.9. The summed E-state index contributed by atoms with van der Waals surface area (Å²) in [5.41, 5.74) is 0.0690. The SMILES string of the molecule is CC(=O)OOCC(CCCCCCOS(C)(=O)=O)C(C)(C)C. The third-order valence-electron chi connectivity index (χ3n) is 3.41. The van der Waals surface area contributed by atoms with E-state index in [4.69, 9.17) is 9.07 Å². The Morgan fingerprint density at radius 3 is 2.18 bits per heavy atom. The molecule has 0 aliphatic heterocycles. The van der Waals surface area contributed by atoms with Crippen molar-refractivity contribution in [1.29, 1.82) is 0 Å². The molecule has 0 rings (SSSR count). The summed E-state index contributed by atoms with van der Waals surface area (Å²) < 4.78 is 26.3. The van der Waals surface area contributed by atoms with Crippen molar-refractivity contribution in [1.82, 2.24) is 0 Å². The smallest absolute Gasteiger partial charge is 0.299 e. The van der Waals surface area contributed by atoms with Crippen LogP contribution in [0.25, 0.3) is 0 Å². The highest BCUT2D eigenvalue weighted by molar-refractivity contribution is 7.85. The Morgan fingerprint density at radius 2 is 1.68 bits per heavy atom. The van der Waals surface area contributed by atoms with Gasteiger partial charge in [-0.3, -0.25) is 9.07 Å². The van der Waals surface area contributed by atoms with E-state index < -0.39 is 16.1 Å². The third kappa shape index (κ3) is 13.0. The lowest BCUT2D eigenvalue weighted by Crippen LogP contribution is -2.25. The van der Waals surface area contributed by atoms with Crippen molar-refractivity contribution in [3.8, 4) is 0 Å². The van der Waals surface area contributed by atoms with Crippen LogP contribution in [-0.4, -0.2) is 33.9 Å². The van der Waals surface area contributed by atoms with Crippen LogP contribution in [0.4, 0.5) is 0 Å². The van der Waals surface area contributed by atoms with Gasteiger partial charge in [0.1, 0.15) is 0 Å². The van der Waals surface area contributed by atoms with Gasteiger partial charge < -0.3 is 0 Å². The Hall–Kier alpha value is -0.660. The van der Waals surface area contributed by atoms with Gasteiger partial charge in [0.2, 0.25) is 0 Å². The van der Waals surface area contributed by atoms with Crippen molar-refractivity contribution in [2.24, 2.45) is 11.3 Å². The molecule has 0 radical (unpaired) electrons. The van der Waals surface area contributed by atoms with E-state index in [0.717, 1.165) is 38.4 Å². The number of rotatable bonds is 11. The lowest BCUT2D eigenvalue weighted by molar-refractivity contribution is -0.280. The van der Waals surface area contributed by atoms with Crippen LogP contribution in [0, 0.1) is 11.3 Å². The zero-order valence-corrected chi connectivity index (χ0v) is 15.2. The maximum atomic E-state index is 10.8. The number of carbonyl (C=O) groups is 1. The molecule has 0 saturated heterocycles. The molecular weight excluding hydrogens is 308 g/mol. The molecule has 132 valence electrons. The van der Waals surface area contributed by atoms with Crippen LogP contribution in [0.3, 0.4) is 0 Å². The molecular formula is C15H30O6S. The van der Waals surface area contributed by atoms with Crippen molar-refractivity contribution in [3.63, 3.8) is 0 Å². The number of hydrogen-bond acceptors (Lipinski definition) is 6. The van der Waals surface area contributed by atoms with Crippen LogP contribution in [0.15, 0.2) is 0 Å². The Morgan fingerprint density at radius 1 is 1.09 bits per heavy atom. The highest BCUT2D eigenvalue weighted by atomic mass is 32.2. The average molecular weight is 338 g/mol. The lowest BCUT2D eigenvalue weighted by Gasteiger charge is -2.29. The van der Waals surface area contributed by atoms with Gasteiger partial charge in [0.05, 0.1) is 19.5 Å². The summed E-state index contributed by atoms with van der Waals surface area (Å²) in [7, 11) is -3.32. The summed E-state index contributed by atoms with van der Waals surface area (Å²) in [5.74, 6) is -0.155. The van der Waals surface area contributed by atoms with Gasteiger partial charge in [-0.15, -0.1) is 0 Å². The number of carbonyl (C=O) groups excluding carboxylic acids is 1. The number of unbranched alkanes of at least 4 members (excludes halogenated alkanes) is 3. The summed E-state index contributed by atoms with van der Waals surface area (Å²) in [6, 6.07) is 0. The van der Waals surface area contributed by atoms with Gasteiger partial charge >= 0.3 is 5.97 Å². The van der Waals surface area contributed by atoms with Crippen molar-refractivity contribution in [2.45, 2.75) is 59.8 Å². The lowest BCUT2D eigenvalue weighted by atomic mass is 9.78. The first-order valence-corrected chi connectivity index (χ1v) is 9.48. The Balaban J connectivity index is 3.87. The van der Waals surface area contributed by atoms with E-state index >= 15 is 0 Å². The molecule has 1 atom stereocenters. The van der Waals surface area contributed by atoms with Gasteiger partial charge in [0.25, 0.3) is 10.1 Å². The average Bonchev–Trinajstić information content (AvgIpc) is 2.32. The molecule has 0 aliphatic carbocycles. The summed E-state index contributed by atoms with van der Waals surface area (Å²) in [6.45, 7) is 8.35. The van der Waals surface area contributed by atoms with Gasteiger partial charge in [-0.05, 0) is 24.2 Å². The van der Waals surface area contributed by atoms with Gasteiger partial charge in [0, 0.05) is 6.92 Å². The fraction of sp³-hybridized carbons (Fsp3) is 0.933. The molecule has 0 amide bonds.